The van der Waals surface area contributed by atoms with Gasteiger partial charge in [-0.05, 0) is 42.0 Å². The summed E-state index contributed by atoms with van der Waals surface area (Å²) in [5, 5.41) is 8.10. The largest absolute Gasteiger partial charge is 0.493 e. The molecule has 3 heterocycles. The lowest BCUT2D eigenvalue weighted by molar-refractivity contribution is 0.222. The van der Waals surface area contributed by atoms with E-state index in [2.05, 4.69) is 15.4 Å². The highest BCUT2D eigenvalue weighted by molar-refractivity contribution is 5.85. The normalized spacial score (nSPS) is 17.5. The Morgan fingerprint density at radius 3 is 2.14 bits per heavy atom. The summed E-state index contributed by atoms with van der Waals surface area (Å²) in [6.45, 7) is 0. The number of ether oxygens (including phenoxy) is 5. The summed E-state index contributed by atoms with van der Waals surface area (Å²) >= 11 is 0. The van der Waals surface area contributed by atoms with E-state index in [-0.39, 0.29) is 6.04 Å². The number of anilines is 1. The van der Waals surface area contributed by atoms with Crippen molar-refractivity contribution in [2.24, 2.45) is 0 Å². The van der Waals surface area contributed by atoms with Gasteiger partial charge in [-0.25, -0.2) is 4.68 Å². The average Bonchev–Trinajstić information content (AvgIpc) is 3.43. The van der Waals surface area contributed by atoms with Gasteiger partial charge in [0.1, 0.15) is 24.2 Å². The van der Waals surface area contributed by atoms with Crippen LogP contribution < -0.4 is 29.0 Å². The molecule has 0 saturated heterocycles. The van der Waals surface area contributed by atoms with E-state index >= 15 is 0 Å². The summed E-state index contributed by atoms with van der Waals surface area (Å²) in [5.41, 5.74) is 4.73. The van der Waals surface area contributed by atoms with E-state index in [0.717, 1.165) is 33.7 Å². The first kappa shape index (κ1) is 22.8. The lowest BCUT2D eigenvalue weighted by Gasteiger charge is -2.39. The molecular formula is C28H26N4O5. The van der Waals surface area contributed by atoms with Gasteiger partial charge in [0.15, 0.2) is 23.0 Å². The number of aromatic nitrogens is 3. The Morgan fingerprint density at radius 1 is 0.784 bits per heavy atom. The molecule has 188 valence electrons. The summed E-state index contributed by atoms with van der Waals surface area (Å²) in [5.74, 6) is 3.96. The number of benzene rings is 3. The number of hydrogen-bond acceptors (Lipinski definition) is 8. The standard InChI is InChI=1S/C28H26N4O5/c1-33-20-11-9-16(13-22(20)35-3)26-24-25(31-28-29-15-30-32(26)28)18-7-5-6-8-19(18)37-27(24)17-10-12-21(34-2)23(14-17)36-4/h5-15,26-27H,1-4H3,(H,29,30,31)/t26-,27-/m0/s1. The number of para-hydroxylation sites is 1. The molecule has 0 fully saturated rings. The monoisotopic (exact) mass is 498 g/mol. The van der Waals surface area contributed by atoms with Crippen LogP contribution in [-0.2, 0) is 0 Å². The van der Waals surface area contributed by atoms with Crippen LogP contribution in [0.3, 0.4) is 0 Å². The summed E-state index contributed by atoms with van der Waals surface area (Å²) in [4.78, 5) is 4.49. The first-order chi connectivity index (χ1) is 18.2. The molecule has 0 amide bonds. The Hall–Kier alpha value is -4.66. The number of fused-ring (bicyclic) bond motifs is 3. The van der Waals surface area contributed by atoms with Gasteiger partial charge in [0.2, 0.25) is 5.95 Å². The van der Waals surface area contributed by atoms with Crippen molar-refractivity contribution in [2.75, 3.05) is 33.8 Å². The molecule has 37 heavy (non-hydrogen) atoms. The van der Waals surface area contributed by atoms with Crippen molar-refractivity contribution in [1.82, 2.24) is 14.8 Å². The number of nitrogens with one attached hydrogen (secondary N) is 1. The number of methoxy groups -OCH3 is 4. The quantitative estimate of drug-likeness (QED) is 0.403. The molecule has 2 aliphatic heterocycles. The summed E-state index contributed by atoms with van der Waals surface area (Å²) in [7, 11) is 6.49. The molecule has 9 nitrogen and oxygen atoms in total. The van der Waals surface area contributed by atoms with Gasteiger partial charge in [0.05, 0.1) is 34.1 Å². The van der Waals surface area contributed by atoms with Crippen molar-refractivity contribution in [1.29, 1.82) is 0 Å². The van der Waals surface area contributed by atoms with E-state index in [1.54, 1.807) is 34.8 Å². The summed E-state index contributed by atoms with van der Waals surface area (Å²) in [6.07, 6.45) is 1.10. The van der Waals surface area contributed by atoms with Gasteiger partial charge < -0.3 is 29.0 Å². The third-order valence-electron chi connectivity index (χ3n) is 6.76. The molecule has 0 unspecified atom stereocenters. The zero-order chi connectivity index (χ0) is 25.5. The molecule has 2 aliphatic rings. The van der Waals surface area contributed by atoms with Gasteiger partial charge in [-0.15, -0.1) is 0 Å². The highest BCUT2D eigenvalue weighted by atomic mass is 16.5. The van der Waals surface area contributed by atoms with Crippen LogP contribution >= 0.6 is 0 Å². The second-order valence-electron chi connectivity index (χ2n) is 8.61. The zero-order valence-electron chi connectivity index (χ0n) is 20.9. The van der Waals surface area contributed by atoms with Gasteiger partial charge in [0.25, 0.3) is 0 Å². The maximum Gasteiger partial charge on any atom is 0.226 e. The fourth-order valence-corrected chi connectivity index (χ4v) is 5.05. The fraction of sp³-hybridized carbons (Fsp3) is 0.214. The molecule has 0 radical (unpaired) electrons. The third-order valence-corrected chi connectivity index (χ3v) is 6.76. The third kappa shape index (κ3) is 3.62. The van der Waals surface area contributed by atoms with E-state index in [0.29, 0.717) is 28.9 Å². The predicted molar refractivity (Wildman–Crippen MR) is 138 cm³/mol. The fourth-order valence-electron chi connectivity index (χ4n) is 5.05. The van der Waals surface area contributed by atoms with Crippen LogP contribution in [0.15, 0.2) is 72.6 Å². The maximum absolute atomic E-state index is 6.69. The highest BCUT2D eigenvalue weighted by Gasteiger charge is 2.41. The van der Waals surface area contributed by atoms with Crippen LogP contribution in [-0.4, -0.2) is 43.2 Å². The molecule has 0 bridgehead atoms. The second kappa shape index (κ2) is 9.09. The van der Waals surface area contributed by atoms with E-state index in [1.165, 1.54) is 0 Å². The second-order valence-corrected chi connectivity index (χ2v) is 8.61. The summed E-state index contributed by atoms with van der Waals surface area (Å²) in [6, 6.07) is 19.4. The lowest BCUT2D eigenvalue weighted by atomic mass is 9.84. The van der Waals surface area contributed by atoms with Crippen molar-refractivity contribution in [3.8, 4) is 28.7 Å². The smallest absolute Gasteiger partial charge is 0.226 e. The van der Waals surface area contributed by atoms with Crippen molar-refractivity contribution < 1.29 is 23.7 Å². The van der Waals surface area contributed by atoms with E-state index in [4.69, 9.17) is 23.7 Å². The number of rotatable bonds is 6. The zero-order valence-corrected chi connectivity index (χ0v) is 20.9. The molecule has 0 aliphatic carbocycles. The molecule has 1 aromatic heterocycles. The summed E-state index contributed by atoms with van der Waals surface area (Å²) < 4.78 is 30.8. The maximum atomic E-state index is 6.69. The van der Waals surface area contributed by atoms with Crippen LogP contribution in [0.5, 0.6) is 28.7 Å². The first-order valence-electron chi connectivity index (χ1n) is 11.8. The topological polar surface area (TPSA) is 88.9 Å². The Morgan fingerprint density at radius 2 is 1.43 bits per heavy atom. The highest BCUT2D eigenvalue weighted by Crippen LogP contribution is 2.51. The van der Waals surface area contributed by atoms with Gasteiger partial charge >= 0.3 is 0 Å². The van der Waals surface area contributed by atoms with E-state index < -0.39 is 6.10 Å². The molecule has 0 spiro atoms. The minimum absolute atomic E-state index is 0.333. The number of nitrogens with zero attached hydrogens (tertiary/aromatic N) is 3. The van der Waals surface area contributed by atoms with Crippen molar-refractivity contribution in [2.45, 2.75) is 12.1 Å². The minimum Gasteiger partial charge on any atom is -0.493 e. The first-order valence-corrected chi connectivity index (χ1v) is 11.8. The molecule has 9 heteroatoms. The van der Waals surface area contributed by atoms with Crippen LogP contribution in [0.2, 0.25) is 0 Å². The number of hydrogen-bond donors (Lipinski definition) is 1. The van der Waals surface area contributed by atoms with Gasteiger partial charge in [-0.3, -0.25) is 0 Å². The van der Waals surface area contributed by atoms with Crippen molar-refractivity contribution in [3.05, 3.63) is 89.3 Å². The predicted octanol–water partition coefficient (Wildman–Crippen LogP) is 4.87. The van der Waals surface area contributed by atoms with Crippen molar-refractivity contribution >= 4 is 11.6 Å². The van der Waals surface area contributed by atoms with Gasteiger partial charge in [-0.2, -0.15) is 10.1 Å². The Labute approximate surface area is 214 Å². The van der Waals surface area contributed by atoms with Crippen LogP contribution in [0.25, 0.3) is 5.70 Å². The molecule has 4 aromatic rings. The molecular weight excluding hydrogens is 472 g/mol. The van der Waals surface area contributed by atoms with Crippen molar-refractivity contribution in [3.63, 3.8) is 0 Å². The molecule has 1 N–H and O–H groups in total. The van der Waals surface area contributed by atoms with E-state index in [9.17, 15) is 0 Å². The Kier molecular flexibility index (Phi) is 5.60. The van der Waals surface area contributed by atoms with Gasteiger partial charge in [0, 0.05) is 16.7 Å². The van der Waals surface area contributed by atoms with Crippen LogP contribution in [0.1, 0.15) is 28.8 Å². The average molecular weight is 499 g/mol. The molecule has 3 aromatic carbocycles. The minimum atomic E-state index is -0.451. The Balaban J connectivity index is 1.60. The van der Waals surface area contributed by atoms with Crippen LogP contribution in [0.4, 0.5) is 5.95 Å². The van der Waals surface area contributed by atoms with E-state index in [1.807, 2.05) is 65.3 Å². The Bertz CT molecular complexity index is 1510. The van der Waals surface area contributed by atoms with Gasteiger partial charge in [-0.1, -0.05) is 24.3 Å². The molecule has 2 atom stereocenters. The lowest BCUT2D eigenvalue weighted by Crippen LogP contribution is -2.32. The van der Waals surface area contributed by atoms with Crippen LogP contribution in [0, 0.1) is 0 Å². The molecule has 6 rings (SSSR count). The molecule has 0 saturated carbocycles. The SMILES string of the molecule is COc1ccc([C@@H]2Oc3ccccc3C3=C2[C@H](c2ccc(OC)c(OC)c2)n2ncnc2N3)cc1OC.